The highest BCUT2D eigenvalue weighted by molar-refractivity contribution is 5.59. The molecular formula is C20H28N4. The summed E-state index contributed by atoms with van der Waals surface area (Å²) < 4.78 is 0. The highest BCUT2D eigenvalue weighted by Gasteiger charge is 2.11. The lowest BCUT2D eigenvalue weighted by molar-refractivity contribution is 0.193. The van der Waals surface area contributed by atoms with E-state index in [1.165, 1.54) is 50.0 Å². The van der Waals surface area contributed by atoms with Crippen molar-refractivity contribution in [3.8, 4) is 11.4 Å². The number of hydrogen-bond acceptors (Lipinski definition) is 4. The van der Waals surface area contributed by atoms with Gasteiger partial charge in [0, 0.05) is 43.2 Å². The topological polar surface area (TPSA) is 32.3 Å². The molecule has 0 aliphatic carbocycles. The summed E-state index contributed by atoms with van der Waals surface area (Å²) in [4.78, 5) is 14.1. The molecular weight excluding hydrogens is 296 g/mol. The number of aryl methyl sites for hydroxylation is 1. The molecule has 3 rings (SSSR count). The second-order valence-corrected chi connectivity index (χ2v) is 6.87. The zero-order valence-corrected chi connectivity index (χ0v) is 14.9. The van der Waals surface area contributed by atoms with Crippen molar-refractivity contribution in [2.75, 3.05) is 33.2 Å². The summed E-state index contributed by atoms with van der Waals surface area (Å²) in [6, 6.07) is 8.26. The highest BCUT2D eigenvalue weighted by Crippen LogP contribution is 2.18. The second-order valence-electron chi connectivity index (χ2n) is 6.87. The summed E-state index contributed by atoms with van der Waals surface area (Å²) in [5, 5.41) is 0. The van der Waals surface area contributed by atoms with Crippen molar-refractivity contribution in [2.45, 2.75) is 32.7 Å². The van der Waals surface area contributed by atoms with Gasteiger partial charge in [0.1, 0.15) is 0 Å². The van der Waals surface area contributed by atoms with E-state index in [9.17, 15) is 0 Å². The summed E-state index contributed by atoms with van der Waals surface area (Å²) in [7, 11) is 2.18. The van der Waals surface area contributed by atoms with Crippen LogP contribution in [-0.4, -0.2) is 53.0 Å². The minimum Gasteiger partial charge on any atom is -0.302 e. The molecule has 0 radical (unpaired) electrons. The Morgan fingerprint density at radius 1 is 1.04 bits per heavy atom. The lowest BCUT2D eigenvalue weighted by Crippen LogP contribution is -2.36. The molecule has 1 fully saturated rings. The van der Waals surface area contributed by atoms with Crippen LogP contribution in [0.5, 0.6) is 0 Å². The van der Waals surface area contributed by atoms with Crippen LogP contribution in [0.15, 0.2) is 36.7 Å². The molecule has 0 saturated carbocycles. The van der Waals surface area contributed by atoms with Crippen LogP contribution in [0.1, 0.15) is 30.4 Å². The predicted molar refractivity (Wildman–Crippen MR) is 98.8 cm³/mol. The lowest BCUT2D eigenvalue weighted by atomic mass is 10.1. The van der Waals surface area contributed by atoms with Crippen molar-refractivity contribution in [3.63, 3.8) is 0 Å². The number of aromatic nitrogens is 2. The van der Waals surface area contributed by atoms with Crippen LogP contribution in [0.4, 0.5) is 0 Å². The second kappa shape index (κ2) is 8.36. The first-order valence-electron chi connectivity index (χ1n) is 9.00. The molecule has 1 aliphatic rings. The maximum absolute atomic E-state index is 4.56. The fraction of sp³-hybridized carbons (Fsp3) is 0.500. The Morgan fingerprint density at radius 3 is 2.46 bits per heavy atom. The van der Waals surface area contributed by atoms with Crippen LogP contribution in [0.25, 0.3) is 11.4 Å². The van der Waals surface area contributed by atoms with Gasteiger partial charge in [-0.05, 0) is 45.5 Å². The van der Waals surface area contributed by atoms with E-state index in [-0.39, 0.29) is 0 Å². The van der Waals surface area contributed by atoms with Crippen LogP contribution in [0, 0.1) is 6.92 Å². The number of nitrogens with zero attached hydrogens (tertiary/aromatic N) is 4. The first-order valence-corrected chi connectivity index (χ1v) is 9.00. The zero-order valence-electron chi connectivity index (χ0n) is 14.9. The monoisotopic (exact) mass is 324 g/mol. The van der Waals surface area contributed by atoms with Crippen LogP contribution in [-0.2, 0) is 6.54 Å². The third-order valence-corrected chi connectivity index (χ3v) is 4.79. The molecule has 0 unspecified atom stereocenters. The number of piperidine rings is 1. The van der Waals surface area contributed by atoms with Crippen molar-refractivity contribution in [1.29, 1.82) is 0 Å². The van der Waals surface area contributed by atoms with Gasteiger partial charge in [-0.3, -0.25) is 0 Å². The first kappa shape index (κ1) is 17.1. The number of likely N-dealkylation sites (tertiary alicyclic amines) is 1. The average Bonchev–Trinajstić information content (AvgIpc) is 2.62. The van der Waals surface area contributed by atoms with Gasteiger partial charge in [0.2, 0.25) is 0 Å². The minimum absolute atomic E-state index is 0.813. The van der Waals surface area contributed by atoms with Crippen LogP contribution in [0.2, 0.25) is 0 Å². The number of hydrogen-bond donors (Lipinski definition) is 0. The van der Waals surface area contributed by atoms with E-state index in [4.69, 9.17) is 0 Å². The summed E-state index contributed by atoms with van der Waals surface area (Å²) in [5.74, 6) is 0.813. The van der Waals surface area contributed by atoms with E-state index in [0.29, 0.717) is 0 Å². The highest BCUT2D eigenvalue weighted by atomic mass is 15.2. The normalized spacial score (nSPS) is 15.8. The standard InChI is InChI=1S/C20H28N4/c1-17-8-4-5-9-19(17)20-21-14-18(15-22-20)16-23(2)12-13-24-10-6-3-7-11-24/h4-5,8-9,14-15H,3,6-7,10-13,16H2,1-2H3. The van der Waals surface area contributed by atoms with Gasteiger partial charge in [-0.15, -0.1) is 0 Å². The molecule has 1 aliphatic heterocycles. The molecule has 0 spiro atoms. The molecule has 1 saturated heterocycles. The van der Waals surface area contributed by atoms with Gasteiger partial charge in [0.15, 0.2) is 5.82 Å². The Kier molecular flexibility index (Phi) is 5.94. The largest absolute Gasteiger partial charge is 0.302 e. The van der Waals surface area contributed by atoms with E-state index >= 15 is 0 Å². The van der Waals surface area contributed by atoms with E-state index in [1.54, 1.807) is 0 Å². The molecule has 0 N–H and O–H groups in total. The van der Waals surface area contributed by atoms with E-state index in [2.05, 4.69) is 45.9 Å². The molecule has 4 heteroatoms. The fourth-order valence-electron chi connectivity index (χ4n) is 3.29. The van der Waals surface area contributed by atoms with Crippen LogP contribution >= 0.6 is 0 Å². The third kappa shape index (κ3) is 4.62. The van der Waals surface area contributed by atoms with Crippen LogP contribution < -0.4 is 0 Å². The number of likely N-dealkylation sites (N-methyl/N-ethyl adjacent to an activating group) is 1. The molecule has 0 amide bonds. The Balaban J connectivity index is 1.53. The van der Waals surface area contributed by atoms with Crippen molar-refractivity contribution in [2.24, 2.45) is 0 Å². The zero-order chi connectivity index (χ0) is 16.8. The van der Waals surface area contributed by atoms with E-state index in [0.717, 1.165) is 24.5 Å². The van der Waals surface area contributed by atoms with Gasteiger partial charge in [0.05, 0.1) is 0 Å². The molecule has 1 aromatic heterocycles. The molecule has 4 nitrogen and oxygen atoms in total. The predicted octanol–water partition coefficient (Wildman–Crippen LogP) is 3.37. The molecule has 128 valence electrons. The Hall–Kier alpha value is -1.78. The molecule has 2 aromatic rings. The molecule has 1 aromatic carbocycles. The van der Waals surface area contributed by atoms with Crippen molar-refractivity contribution >= 4 is 0 Å². The molecule has 0 atom stereocenters. The summed E-state index contributed by atoms with van der Waals surface area (Å²) in [6.07, 6.45) is 8.05. The van der Waals surface area contributed by atoms with E-state index < -0.39 is 0 Å². The number of rotatable bonds is 6. The molecule has 0 bridgehead atoms. The Morgan fingerprint density at radius 2 is 1.75 bits per heavy atom. The fourth-order valence-corrected chi connectivity index (χ4v) is 3.29. The van der Waals surface area contributed by atoms with Crippen molar-refractivity contribution in [1.82, 2.24) is 19.8 Å². The van der Waals surface area contributed by atoms with Gasteiger partial charge in [0.25, 0.3) is 0 Å². The summed E-state index contributed by atoms with van der Waals surface area (Å²) in [6.45, 7) is 7.80. The van der Waals surface area contributed by atoms with Gasteiger partial charge in [-0.2, -0.15) is 0 Å². The smallest absolute Gasteiger partial charge is 0.159 e. The van der Waals surface area contributed by atoms with Gasteiger partial charge in [-0.1, -0.05) is 30.7 Å². The third-order valence-electron chi connectivity index (χ3n) is 4.79. The summed E-state index contributed by atoms with van der Waals surface area (Å²) >= 11 is 0. The average molecular weight is 324 g/mol. The van der Waals surface area contributed by atoms with Gasteiger partial charge in [-0.25, -0.2) is 9.97 Å². The molecule has 24 heavy (non-hydrogen) atoms. The quantitative estimate of drug-likeness (QED) is 0.815. The lowest BCUT2D eigenvalue weighted by Gasteiger charge is -2.28. The van der Waals surface area contributed by atoms with Crippen molar-refractivity contribution < 1.29 is 0 Å². The Labute approximate surface area is 145 Å². The maximum atomic E-state index is 4.56. The van der Waals surface area contributed by atoms with E-state index in [1.807, 2.05) is 24.5 Å². The van der Waals surface area contributed by atoms with Gasteiger partial charge >= 0.3 is 0 Å². The summed E-state index contributed by atoms with van der Waals surface area (Å²) in [5.41, 5.74) is 3.50. The van der Waals surface area contributed by atoms with Crippen molar-refractivity contribution in [3.05, 3.63) is 47.8 Å². The maximum Gasteiger partial charge on any atom is 0.159 e. The Bertz CT molecular complexity index is 632. The molecule has 2 heterocycles. The van der Waals surface area contributed by atoms with Crippen LogP contribution in [0.3, 0.4) is 0 Å². The minimum atomic E-state index is 0.813. The SMILES string of the molecule is Cc1ccccc1-c1ncc(CN(C)CCN2CCCCC2)cn1. The van der Waals surface area contributed by atoms with Gasteiger partial charge < -0.3 is 9.80 Å². The number of benzene rings is 1. The first-order chi connectivity index (χ1) is 11.7.